The summed E-state index contributed by atoms with van der Waals surface area (Å²) < 4.78 is 5.17. The highest BCUT2D eigenvalue weighted by Crippen LogP contribution is 2.29. The van der Waals surface area contributed by atoms with Gasteiger partial charge in [0.1, 0.15) is 0 Å². The van der Waals surface area contributed by atoms with Crippen molar-refractivity contribution in [1.29, 1.82) is 0 Å². The molecule has 1 fully saturated rings. The average molecular weight is 249 g/mol. The molecular formula is C13H19N3O2. The number of methoxy groups -OCH3 is 1. The largest absolute Gasteiger partial charge is 0.397 e. The maximum absolute atomic E-state index is 11.2. The molecule has 1 aliphatic rings. The number of carbonyl (C=O) groups is 1. The Bertz CT molecular complexity index is 448. The second-order valence-electron chi connectivity index (χ2n) is 4.69. The Morgan fingerprint density at radius 1 is 1.56 bits per heavy atom. The van der Waals surface area contributed by atoms with E-state index in [0.717, 1.165) is 31.8 Å². The van der Waals surface area contributed by atoms with Crippen LogP contribution in [-0.4, -0.2) is 32.7 Å². The third-order valence-corrected chi connectivity index (χ3v) is 3.34. The van der Waals surface area contributed by atoms with Gasteiger partial charge >= 0.3 is 0 Å². The maximum atomic E-state index is 11.2. The monoisotopic (exact) mass is 249 g/mol. The van der Waals surface area contributed by atoms with Crippen LogP contribution in [0.5, 0.6) is 0 Å². The quantitative estimate of drug-likeness (QED) is 0.775. The number of amides is 1. The fraction of sp³-hybridized carbons (Fsp3) is 0.462. The Hall–Kier alpha value is -1.75. The standard InChI is InChI=1S/C13H19N3O2/c1-18-8-9-4-5-16(7-9)12-6-10(13(15)17)2-3-11(12)14/h2-3,6,9H,4-5,7-8,14H2,1H3,(H2,15,17). The minimum Gasteiger partial charge on any atom is -0.397 e. The third-order valence-electron chi connectivity index (χ3n) is 3.34. The second kappa shape index (κ2) is 5.27. The molecule has 1 aliphatic heterocycles. The van der Waals surface area contributed by atoms with E-state index in [0.29, 0.717) is 17.2 Å². The van der Waals surface area contributed by atoms with Crippen molar-refractivity contribution in [3.05, 3.63) is 23.8 Å². The van der Waals surface area contributed by atoms with Gasteiger partial charge in [0, 0.05) is 31.7 Å². The fourth-order valence-corrected chi connectivity index (χ4v) is 2.39. The van der Waals surface area contributed by atoms with Crippen LogP contribution in [0.25, 0.3) is 0 Å². The van der Waals surface area contributed by atoms with Crippen LogP contribution >= 0.6 is 0 Å². The zero-order valence-corrected chi connectivity index (χ0v) is 10.6. The molecule has 1 saturated heterocycles. The van der Waals surface area contributed by atoms with Gasteiger partial charge in [-0.3, -0.25) is 4.79 Å². The van der Waals surface area contributed by atoms with Crippen LogP contribution in [0.3, 0.4) is 0 Å². The predicted molar refractivity (Wildman–Crippen MR) is 71.6 cm³/mol. The SMILES string of the molecule is COCC1CCN(c2cc(C(N)=O)ccc2N)C1. The first-order valence-corrected chi connectivity index (χ1v) is 6.05. The predicted octanol–water partition coefficient (Wildman–Crippen LogP) is 0.840. The van der Waals surface area contributed by atoms with Gasteiger partial charge in [0.15, 0.2) is 0 Å². The van der Waals surface area contributed by atoms with Crippen LogP contribution < -0.4 is 16.4 Å². The van der Waals surface area contributed by atoms with E-state index < -0.39 is 5.91 Å². The molecule has 0 aliphatic carbocycles. The van der Waals surface area contributed by atoms with Crippen molar-refractivity contribution in [2.45, 2.75) is 6.42 Å². The Kier molecular flexibility index (Phi) is 3.72. The molecule has 4 N–H and O–H groups in total. The highest BCUT2D eigenvalue weighted by atomic mass is 16.5. The number of nitrogen functional groups attached to an aromatic ring is 1. The highest BCUT2D eigenvalue weighted by molar-refractivity contribution is 5.95. The summed E-state index contributed by atoms with van der Waals surface area (Å²) >= 11 is 0. The van der Waals surface area contributed by atoms with Crippen LogP contribution in [0.4, 0.5) is 11.4 Å². The van der Waals surface area contributed by atoms with Gasteiger partial charge < -0.3 is 21.1 Å². The van der Waals surface area contributed by atoms with Crippen molar-refractivity contribution < 1.29 is 9.53 Å². The number of carbonyl (C=O) groups excluding carboxylic acids is 1. The lowest BCUT2D eigenvalue weighted by Gasteiger charge is -2.21. The van der Waals surface area contributed by atoms with Crippen molar-refractivity contribution >= 4 is 17.3 Å². The minimum atomic E-state index is -0.427. The summed E-state index contributed by atoms with van der Waals surface area (Å²) in [6.45, 7) is 2.59. The molecule has 1 aromatic rings. The molecule has 1 unspecified atom stereocenters. The minimum absolute atomic E-state index is 0.427. The Morgan fingerprint density at radius 2 is 2.33 bits per heavy atom. The molecule has 98 valence electrons. The molecule has 0 aromatic heterocycles. The number of hydrogen-bond acceptors (Lipinski definition) is 4. The molecule has 0 spiro atoms. The highest BCUT2D eigenvalue weighted by Gasteiger charge is 2.24. The summed E-state index contributed by atoms with van der Waals surface area (Å²) in [6, 6.07) is 5.16. The van der Waals surface area contributed by atoms with E-state index in [1.165, 1.54) is 0 Å². The molecule has 1 heterocycles. The number of hydrogen-bond donors (Lipinski definition) is 2. The van der Waals surface area contributed by atoms with E-state index in [1.807, 2.05) is 0 Å². The Balaban J connectivity index is 2.18. The van der Waals surface area contributed by atoms with Crippen LogP contribution in [0.15, 0.2) is 18.2 Å². The lowest BCUT2D eigenvalue weighted by Crippen LogP contribution is -2.23. The van der Waals surface area contributed by atoms with Crippen molar-refractivity contribution in [2.75, 3.05) is 37.4 Å². The smallest absolute Gasteiger partial charge is 0.248 e. The van der Waals surface area contributed by atoms with Gasteiger partial charge in [-0.25, -0.2) is 0 Å². The van der Waals surface area contributed by atoms with Crippen LogP contribution in [0, 0.1) is 5.92 Å². The van der Waals surface area contributed by atoms with Crippen molar-refractivity contribution in [3.8, 4) is 0 Å². The Labute approximate surface area is 107 Å². The van der Waals surface area contributed by atoms with Gasteiger partial charge in [0.25, 0.3) is 0 Å². The van der Waals surface area contributed by atoms with Crippen molar-refractivity contribution in [1.82, 2.24) is 0 Å². The van der Waals surface area contributed by atoms with Gasteiger partial charge in [-0.15, -0.1) is 0 Å². The summed E-state index contributed by atoms with van der Waals surface area (Å²) in [5.41, 5.74) is 13.3. The van der Waals surface area contributed by atoms with Gasteiger partial charge in [-0.05, 0) is 24.6 Å². The molecule has 2 rings (SSSR count). The molecule has 5 heteroatoms. The number of nitrogens with two attached hydrogens (primary N) is 2. The first-order chi connectivity index (χ1) is 8.61. The molecule has 0 radical (unpaired) electrons. The zero-order chi connectivity index (χ0) is 13.1. The van der Waals surface area contributed by atoms with Gasteiger partial charge in [0.05, 0.1) is 18.0 Å². The molecule has 0 bridgehead atoms. The van der Waals surface area contributed by atoms with E-state index in [2.05, 4.69) is 4.90 Å². The molecule has 1 aromatic carbocycles. The summed E-state index contributed by atoms with van der Waals surface area (Å²) in [5, 5.41) is 0. The van der Waals surface area contributed by atoms with Crippen LogP contribution in [-0.2, 0) is 4.74 Å². The number of anilines is 2. The normalized spacial score (nSPS) is 19.2. The molecule has 18 heavy (non-hydrogen) atoms. The van der Waals surface area contributed by atoms with Gasteiger partial charge in [-0.2, -0.15) is 0 Å². The summed E-state index contributed by atoms with van der Waals surface area (Å²) in [4.78, 5) is 13.4. The van der Waals surface area contributed by atoms with Gasteiger partial charge in [-0.1, -0.05) is 0 Å². The van der Waals surface area contributed by atoms with E-state index in [-0.39, 0.29) is 0 Å². The number of ether oxygens (including phenoxy) is 1. The van der Waals surface area contributed by atoms with E-state index in [1.54, 1.807) is 25.3 Å². The zero-order valence-electron chi connectivity index (χ0n) is 10.6. The van der Waals surface area contributed by atoms with E-state index >= 15 is 0 Å². The van der Waals surface area contributed by atoms with Crippen LogP contribution in [0.2, 0.25) is 0 Å². The molecule has 1 atom stereocenters. The number of nitrogens with zero attached hydrogens (tertiary/aromatic N) is 1. The Morgan fingerprint density at radius 3 is 3.00 bits per heavy atom. The lowest BCUT2D eigenvalue weighted by molar-refractivity contribution is 0.100. The van der Waals surface area contributed by atoms with Crippen molar-refractivity contribution in [2.24, 2.45) is 11.7 Å². The van der Waals surface area contributed by atoms with E-state index in [9.17, 15) is 4.79 Å². The van der Waals surface area contributed by atoms with E-state index in [4.69, 9.17) is 16.2 Å². The molecule has 1 amide bonds. The summed E-state index contributed by atoms with van der Waals surface area (Å²) in [7, 11) is 1.71. The third kappa shape index (κ3) is 2.56. The maximum Gasteiger partial charge on any atom is 0.248 e. The average Bonchev–Trinajstić information content (AvgIpc) is 2.78. The second-order valence-corrected chi connectivity index (χ2v) is 4.69. The summed E-state index contributed by atoms with van der Waals surface area (Å²) in [5.74, 6) is 0.0931. The van der Waals surface area contributed by atoms with Crippen molar-refractivity contribution in [3.63, 3.8) is 0 Å². The van der Waals surface area contributed by atoms with Gasteiger partial charge in [0.2, 0.25) is 5.91 Å². The topological polar surface area (TPSA) is 81.6 Å². The number of benzene rings is 1. The first kappa shape index (κ1) is 12.7. The molecule has 5 nitrogen and oxygen atoms in total. The number of rotatable bonds is 4. The molecule has 0 saturated carbocycles. The van der Waals surface area contributed by atoms with Crippen LogP contribution in [0.1, 0.15) is 16.8 Å². The first-order valence-electron chi connectivity index (χ1n) is 6.05. The molecular weight excluding hydrogens is 230 g/mol. The lowest BCUT2D eigenvalue weighted by atomic mass is 10.1. The number of primary amides is 1. The summed E-state index contributed by atoms with van der Waals surface area (Å²) in [6.07, 6.45) is 1.08. The fourth-order valence-electron chi connectivity index (χ4n) is 2.39.